The van der Waals surface area contributed by atoms with Gasteiger partial charge in [0.05, 0.1) is 5.54 Å². The maximum Gasteiger partial charge on any atom is 0.148 e. The Kier molecular flexibility index (Phi) is 3.67. The number of anilines is 1. The summed E-state index contributed by atoms with van der Waals surface area (Å²) in [6.07, 6.45) is 1.96. The Bertz CT molecular complexity index is 488. The van der Waals surface area contributed by atoms with Crippen molar-refractivity contribution in [2.24, 2.45) is 5.73 Å². The van der Waals surface area contributed by atoms with Crippen LogP contribution in [0.2, 0.25) is 0 Å². The zero-order chi connectivity index (χ0) is 13.0. The van der Waals surface area contributed by atoms with E-state index < -0.39 is 5.54 Å². The number of hydrogen-bond donors (Lipinski definition) is 2. The fourth-order valence-corrected chi connectivity index (χ4v) is 1.83. The van der Waals surface area contributed by atoms with E-state index in [4.69, 9.17) is 5.73 Å². The monoisotopic (exact) mass is 244 g/mol. The highest BCUT2D eigenvalue weighted by atomic mass is 15.3. The smallest absolute Gasteiger partial charge is 0.148 e. The van der Waals surface area contributed by atoms with Crippen LogP contribution in [-0.4, -0.2) is 16.3 Å². The molecule has 1 heterocycles. The molecule has 1 unspecified atom stereocenters. The summed E-state index contributed by atoms with van der Waals surface area (Å²) in [7, 11) is 0. The van der Waals surface area contributed by atoms with E-state index in [0.717, 1.165) is 17.9 Å². The second-order valence-corrected chi connectivity index (χ2v) is 4.69. The Morgan fingerprint density at radius 3 is 2.61 bits per heavy atom. The van der Waals surface area contributed by atoms with Crippen LogP contribution in [-0.2, 0) is 12.1 Å². The highest BCUT2D eigenvalue weighted by molar-refractivity contribution is 5.34. The minimum atomic E-state index is -0.406. The first-order chi connectivity index (χ1) is 8.62. The summed E-state index contributed by atoms with van der Waals surface area (Å²) >= 11 is 0. The topological polar surface area (TPSA) is 55.9 Å². The predicted molar refractivity (Wildman–Crippen MR) is 74.4 cm³/mol. The van der Waals surface area contributed by atoms with Crippen molar-refractivity contribution in [2.45, 2.75) is 25.9 Å². The van der Waals surface area contributed by atoms with Crippen molar-refractivity contribution in [3.63, 3.8) is 0 Å². The maximum absolute atomic E-state index is 6.33. The SMILES string of the molecule is CCn1ccc(NCC(C)(N)c2ccccc2)n1. The minimum absolute atomic E-state index is 0.406. The Labute approximate surface area is 108 Å². The number of benzene rings is 1. The van der Waals surface area contributed by atoms with Crippen molar-refractivity contribution in [1.82, 2.24) is 9.78 Å². The number of rotatable bonds is 5. The van der Waals surface area contributed by atoms with Gasteiger partial charge in [0.15, 0.2) is 0 Å². The van der Waals surface area contributed by atoms with E-state index in [0.29, 0.717) is 6.54 Å². The number of nitrogens with zero attached hydrogens (tertiary/aromatic N) is 2. The van der Waals surface area contributed by atoms with Crippen LogP contribution in [0.5, 0.6) is 0 Å². The highest BCUT2D eigenvalue weighted by Gasteiger charge is 2.20. The van der Waals surface area contributed by atoms with Gasteiger partial charge in [-0.3, -0.25) is 4.68 Å². The molecule has 3 N–H and O–H groups in total. The maximum atomic E-state index is 6.33. The summed E-state index contributed by atoms with van der Waals surface area (Å²) in [5.41, 5.74) is 7.04. The zero-order valence-electron chi connectivity index (χ0n) is 10.9. The molecule has 0 aliphatic heterocycles. The van der Waals surface area contributed by atoms with E-state index in [1.807, 2.05) is 54.2 Å². The summed E-state index contributed by atoms with van der Waals surface area (Å²) in [6, 6.07) is 12.1. The fraction of sp³-hybridized carbons (Fsp3) is 0.357. The minimum Gasteiger partial charge on any atom is -0.366 e. The Hall–Kier alpha value is -1.81. The van der Waals surface area contributed by atoms with Crippen LogP contribution in [0.15, 0.2) is 42.6 Å². The lowest BCUT2D eigenvalue weighted by molar-refractivity contribution is 0.522. The average molecular weight is 244 g/mol. The molecule has 1 aromatic heterocycles. The van der Waals surface area contributed by atoms with Crippen molar-refractivity contribution in [3.05, 3.63) is 48.2 Å². The average Bonchev–Trinajstić information content (AvgIpc) is 2.86. The van der Waals surface area contributed by atoms with Crippen LogP contribution in [0.25, 0.3) is 0 Å². The summed E-state index contributed by atoms with van der Waals surface area (Å²) in [5.74, 6) is 0.865. The third kappa shape index (κ3) is 2.90. The van der Waals surface area contributed by atoms with Crippen molar-refractivity contribution >= 4 is 5.82 Å². The van der Waals surface area contributed by atoms with Gasteiger partial charge in [-0.05, 0) is 19.4 Å². The van der Waals surface area contributed by atoms with E-state index in [2.05, 4.69) is 17.3 Å². The standard InChI is InChI=1S/C14H20N4/c1-3-18-10-9-13(17-18)16-11-14(2,15)12-7-5-4-6-8-12/h4-10H,3,11,15H2,1-2H3,(H,16,17). The molecular weight excluding hydrogens is 224 g/mol. The van der Waals surface area contributed by atoms with E-state index >= 15 is 0 Å². The molecule has 0 aliphatic rings. The predicted octanol–water partition coefficient (Wildman–Crippen LogP) is 2.19. The van der Waals surface area contributed by atoms with Gasteiger partial charge in [-0.15, -0.1) is 0 Å². The molecule has 1 atom stereocenters. The van der Waals surface area contributed by atoms with Crippen LogP contribution in [0.4, 0.5) is 5.82 Å². The molecule has 2 aromatic rings. The van der Waals surface area contributed by atoms with Crippen molar-refractivity contribution < 1.29 is 0 Å². The Morgan fingerprint density at radius 1 is 1.28 bits per heavy atom. The molecule has 96 valence electrons. The summed E-state index contributed by atoms with van der Waals surface area (Å²) in [4.78, 5) is 0. The van der Waals surface area contributed by atoms with E-state index in [-0.39, 0.29) is 0 Å². The van der Waals surface area contributed by atoms with Gasteiger partial charge < -0.3 is 11.1 Å². The number of aromatic nitrogens is 2. The first-order valence-corrected chi connectivity index (χ1v) is 6.23. The third-order valence-electron chi connectivity index (χ3n) is 3.03. The Morgan fingerprint density at radius 2 is 2.00 bits per heavy atom. The second kappa shape index (κ2) is 5.23. The number of nitrogens with two attached hydrogens (primary N) is 1. The van der Waals surface area contributed by atoms with Crippen LogP contribution < -0.4 is 11.1 Å². The van der Waals surface area contributed by atoms with Crippen LogP contribution in [0.1, 0.15) is 19.4 Å². The lowest BCUT2D eigenvalue weighted by Gasteiger charge is -2.25. The first kappa shape index (κ1) is 12.6. The van der Waals surface area contributed by atoms with E-state index in [1.54, 1.807) is 0 Å². The van der Waals surface area contributed by atoms with Gasteiger partial charge in [-0.2, -0.15) is 5.10 Å². The quantitative estimate of drug-likeness (QED) is 0.847. The summed E-state index contributed by atoms with van der Waals surface area (Å²) in [6.45, 7) is 5.61. The molecule has 0 saturated heterocycles. The van der Waals surface area contributed by atoms with Crippen molar-refractivity contribution in [1.29, 1.82) is 0 Å². The number of hydrogen-bond acceptors (Lipinski definition) is 3. The molecule has 2 rings (SSSR count). The molecule has 0 aliphatic carbocycles. The van der Waals surface area contributed by atoms with Gasteiger partial charge >= 0.3 is 0 Å². The number of aryl methyl sites for hydroxylation is 1. The van der Waals surface area contributed by atoms with Crippen LogP contribution in [0.3, 0.4) is 0 Å². The highest BCUT2D eigenvalue weighted by Crippen LogP contribution is 2.17. The fourth-order valence-electron chi connectivity index (χ4n) is 1.83. The normalized spacial score (nSPS) is 14.2. The van der Waals surface area contributed by atoms with Gasteiger partial charge in [0.2, 0.25) is 0 Å². The summed E-state index contributed by atoms with van der Waals surface area (Å²) in [5, 5.41) is 7.66. The van der Waals surface area contributed by atoms with Crippen molar-refractivity contribution in [2.75, 3.05) is 11.9 Å². The lowest BCUT2D eigenvalue weighted by Crippen LogP contribution is -2.40. The van der Waals surface area contributed by atoms with Gasteiger partial charge in [-0.1, -0.05) is 30.3 Å². The number of nitrogens with one attached hydrogen (secondary N) is 1. The molecular formula is C14H20N4. The molecule has 1 aromatic carbocycles. The largest absolute Gasteiger partial charge is 0.366 e. The third-order valence-corrected chi connectivity index (χ3v) is 3.03. The van der Waals surface area contributed by atoms with Gasteiger partial charge in [0.25, 0.3) is 0 Å². The molecule has 18 heavy (non-hydrogen) atoms. The molecule has 0 bridgehead atoms. The molecule has 4 nitrogen and oxygen atoms in total. The van der Waals surface area contributed by atoms with E-state index in [9.17, 15) is 0 Å². The van der Waals surface area contributed by atoms with Crippen molar-refractivity contribution in [3.8, 4) is 0 Å². The molecule has 0 saturated carbocycles. The zero-order valence-corrected chi connectivity index (χ0v) is 10.9. The molecule has 0 spiro atoms. The summed E-state index contributed by atoms with van der Waals surface area (Å²) < 4.78 is 1.89. The van der Waals surface area contributed by atoms with Gasteiger partial charge in [0.1, 0.15) is 5.82 Å². The first-order valence-electron chi connectivity index (χ1n) is 6.23. The molecule has 0 fully saturated rings. The van der Waals surface area contributed by atoms with Gasteiger partial charge in [-0.25, -0.2) is 0 Å². The lowest BCUT2D eigenvalue weighted by atomic mass is 9.93. The molecule has 0 radical (unpaired) electrons. The van der Waals surface area contributed by atoms with E-state index in [1.165, 1.54) is 0 Å². The van der Waals surface area contributed by atoms with Crippen LogP contribution in [0, 0.1) is 0 Å². The Balaban J connectivity index is 2.00. The molecule has 0 amide bonds. The second-order valence-electron chi connectivity index (χ2n) is 4.69. The van der Waals surface area contributed by atoms with Gasteiger partial charge in [0, 0.05) is 25.4 Å². The molecule has 4 heteroatoms. The van der Waals surface area contributed by atoms with Crippen LogP contribution >= 0.6 is 0 Å².